The molecule has 0 amide bonds. The van der Waals surface area contributed by atoms with E-state index in [1.54, 1.807) is 0 Å². The molecular weight excluding hydrogens is 216 g/mol. The first-order chi connectivity index (χ1) is 3.46. The zero-order valence-corrected chi connectivity index (χ0v) is 6.00. The molecule has 11 heteroatoms. The van der Waals surface area contributed by atoms with Crippen LogP contribution in [0.5, 0.6) is 0 Å². The van der Waals surface area contributed by atoms with E-state index >= 15 is 0 Å². The normalized spacial score (nSPS) is 4.36. The standard InChI is InChI=1S/Cu.2NO3.2H3N/c;2*2-1(3)4;;/h;;;2*1H3/q+2;2*-1;;. The Kier molecular flexibility index (Phi) is 69.2. The Bertz CT molecular complexity index is 72.6. The Morgan fingerprint density at radius 3 is 0.727 bits per heavy atom. The van der Waals surface area contributed by atoms with E-state index in [4.69, 9.17) is 30.6 Å². The minimum Gasteiger partial charge on any atom is -0.356 e. The third kappa shape index (κ3) is 307. The zero-order chi connectivity index (χ0) is 7.15. The number of rotatable bonds is 0. The molecule has 0 aromatic rings. The molecule has 0 aliphatic rings. The maximum absolute atomic E-state index is 8.25. The van der Waals surface area contributed by atoms with E-state index in [9.17, 15) is 0 Å². The molecule has 0 atom stereocenters. The fourth-order valence-electron chi connectivity index (χ4n) is 0. The van der Waals surface area contributed by atoms with Gasteiger partial charge in [0.1, 0.15) is 0 Å². The Morgan fingerprint density at radius 2 is 0.727 bits per heavy atom. The summed E-state index contributed by atoms with van der Waals surface area (Å²) < 4.78 is 0. The van der Waals surface area contributed by atoms with Crippen LogP contribution in [0.3, 0.4) is 0 Å². The van der Waals surface area contributed by atoms with Gasteiger partial charge in [-0.15, -0.1) is 0 Å². The molecule has 6 N–H and O–H groups in total. The predicted molar refractivity (Wildman–Crippen MR) is 30.8 cm³/mol. The molecular formula is H6CuN4O6. The van der Waals surface area contributed by atoms with Crippen LogP contribution in [0.4, 0.5) is 0 Å². The van der Waals surface area contributed by atoms with Gasteiger partial charge in [0.15, 0.2) is 0 Å². The monoisotopic (exact) mass is 221 g/mol. The molecule has 0 unspecified atom stereocenters. The Labute approximate surface area is 71.0 Å². The van der Waals surface area contributed by atoms with Gasteiger partial charge < -0.3 is 42.9 Å². The third-order valence-electron chi connectivity index (χ3n) is 0. The zero-order valence-electron chi connectivity index (χ0n) is 5.06. The van der Waals surface area contributed by atoms with Gasteiger partial charge in [0.25, 0.3) is 0 Å². The SMILES string of the molecule is N.N.O=[N+]([O-])[O-].O=[N+]([O-])[O-].[Cu+2]. The van der Waals surface area contributed by atoms with Crippen LogP contribution in [-0.4, -0.2) is 10.2 Å². The molecule has 0 aromatic heterocycles. The summed E-state index contributed by atoms with van der Waals surface area (Å²) in [7, 11) is 0. The molecule has 0 heterocycles. The molecule has 0 aliphatic heterocycles. The van der Waals surface area contributed by atoms with Gasteiger partial charge in [-0.05, 0) is 0 Å². The van der Waals surface area contributed by atoms with E-state index in [0.717, 1.165) is 0 Å². The molecule has 0 bridgehead atoms. The molecule has 0 saturated carbocycles. The summed E-state index contributed by atoms with van der Waals surface area (Å²) >= 11 is 0. The van der Waals surface area contributed by atoms with Crippen LogP contribution >= 0.6 is 0 Å². The molecule has 10 nitrogen and oxygen atoms in total. The fraction of sp³-hybridized carbons (Fsp3) is 0. The third-order valence-corrected chi connectivity index (χ3v) is 0. The van der Waals surface area contributed by atoms with Crippen molar-refractivity contribution in [2.24, 2.45) is 0 Å². The van der Waals surface area contributed by atoms with Crippen molar-refractivity contribution in [3.8, 4) is 0 Å². The molecule has 11 heavy (non-hydrogen) atoms. The van der Waals surface area contributed by atoms with Gasteiger partial charge >= 0.3 is 17.1 Å². The molecule has 0 rings (SSSR count). The van der Waals surface area contributed by atoms with Crippen molar-refractivity contribution in [3.05, 3.63) is 30.6 Å². The van der Waals surface area contributed by atoms with Crippen molar-refractivity contribution >= 4 is 0 Å². The van der Waals surface area contributed by atoms with Gasteiger partial charge in [-0.3, -0.25) is 0 Å². The van der Waals surface area contributed by atoms with E-state index in [0.29, 0.717) is 0 Å². The van der Waals surface area contributed by atoms with E-state index in [1.165, 1.54) is 0 Å². The van der Waals surface area contributed by atoms with E-state index in [-0.39, 0.29) is 29.4 Å². The van der Waals surface area contributed by atoms with Gasteiger partial charge in [-0.25, -0.2) is 0 Å². The van der Waals surface area contributed by atoms with E-state index < -0.39 is 10.2 Å². The number of hydrogen-bond acceptors (Lipinski definition) is 8. The van der Waals surface area contributed by atoms with Gasteiger partial charge in [-0.1, -0.05) is 0 Å². The molecule has 0 aliphatic carbocycles. The summed E-state index contributed by atoms with van der Waals surface area (Å²) in [6, 6.07) is 0. The molecule has 1 radical (unpaired) electrons. The molecule has 0 spiro atoms. The summed E-state index contributed by atoms with van der Waals surface area (Å²) in [6.45, 7) is 0. The van der Waals surface area contributed by atoms with Gasteiger partial charge in [0.2, 0.25) is 0 Å². The van der Waals surface area contributed by atoms with Crippen molar-refractivity contribution < 1.29 is 27.2 Å². The molecule has 0 aromatic carbocycles. The molecule has 0 fully saturated rings. The van der Waals surface area contributed by atoms with Crippen LogP contribution < -0.4 is 12.3 Å². The second kappa shape index (κ2) is 23.2. The minimum atomic E-state index is -1.75. The maximum Gasteiger partial charge on any atom is 2.00 e. The van der Waals surface area contributed by atoms with Gasteiger partial charge in [0.05, 0.1) is 10.2 Å². The summed E-state index contributed by atoms with van der Waals surface area (Å²) in [5.74, 6) is 0. The Hall–Kier alpha value is -1.16. The van der Waals surface area contributed by atoms with Crippen LogP contribution in [0.2, 0.25) is 0 Å². The van der Waals surface area contributed by atoms with E-state index in [1.807, 2.05) is 0 Å². The van der Waals surface area contributed by atoms with Crippen molar-refractivity contribution in [1.29, 1.82) is 0 Å². The summed E-state index contributed by atoms with van der Waals surface area (Å²) in [6.07, 6.45) is 0. The predicted octanol–water partition coefficient (Wildman–Crippen LogP) is -0.157. The van der Waals surface area contributed by atoms with E-state index in [2.05, 4.69) is 0 Å². The van der Waals surface area contributed by atoms with Gasteiger partial charge in [-0.2, -0.15) is 0 Å². The maximum atomic E-state index is 8.25. The average molecular weight is 222 g/mol. The number of hydrogen-bond donors (Lipinski definition) is 2. The first-order valence-corrected chi connectivity index (χ1v) is 1.10. The first kappa shape index (κ1) is 32.8. The Balaban J connectivity index is -0.0000000171. The largest absolute Gasteiger partial charge is 2.00 e. The fourth-order valence-corrected chi connectivity index (χ4v) is 0. The quantitative estimate of drug-likeness (QED) is 0.319. The van der Waals surface area contributed by atoms with Crippen LogP contribution in [-0.2, 0) is 17.1 Å². The van der Waals surface area contributed by atoms with Gasteiger partial charge in [0, 0.05) is 0 Å². The first-order valence-electron chi connectivity index (χ1n) is 1.10. The van der Waals surface area contributed by atoms with Crippen LogP contribution in [0, 0.1) is 30.6 Å². The smallest absolute Gasteiger partial charge is 0.356 e. The second-order valence-corrected chi connectivity index (χ2v) is 0.447. The topological polar surface area (TPSA) is 202 Å². The van der Waals surface area contributed by atoms with Crippen LogP contribution in [0.1, 0.15) is 0 Å². The summed E-state index contributed by atoms with van der Waals surface area (Å²) in [5.41, 5.74) is 0. The van der Waals surface area contributed by atoms with Crippen LogP contribution in [0.25, 0.3) is 0 Å². The van der Waals surface area contributed by atoms with Crippen molar-refractivity contribution in [2.45, 2.75) is 0 Å². The summed E-state index contributed by atoms with van der Waals surface area (Å²) in [5, 5.41) is 29.5. The Morgan fingerprint density at radius 1 is 0.727 bits per heavy atom. The van der Waals surface area contributed by atoms with Crippen molar-refractivity contribution in [1.82, 2.24) is 12.3 Å². The molecule has 73 valence electrons. The average Bonchev–Trinajstić information content (AvgIpc) is 1.25. The minimum absolute atomic E-state index is 0. The number of nitrogens with zero attached hydrogens (tertiary/aromatic N) is 2. The molecule has 0 saturated heterocycles. The van der Waals surface area contributed by atoms with Crippen molar-refractivity contribution in [2.75, 3.05) is 0 Å². The van der Waals surface area contributed by atoms with Crippen molar-refractivity contribution in [3.63, 3.8) is 0 Å². The van der Waals surface area contributed by atoms with Crippen LogP contribution in [0.15, 0.2) is 0 Å². The summed E-state index contributed by atoms with van der Waals surface area (Å²) in [4.78, 5) is 16.5. The second-order valence-electron chi connectivity index (χ2n) is 0.447.